The van der Waals surface area contributed by atoms with Crippen molar-refractivity contribution in [3.05, 3.63) is 88.0 Å². The lowest BCUT2D eigenvalue weighted by Gasteiger charge is -2.29. The van der Waals surface area contributed by atoms with E-state index in [2.05, 4.69) is 16.0 Å². The molecule has 38 heavy (non-hydrogen) atoms. The molecule has 0 aliphatic carbocycles. The number of rotatable bonds is 6. The average Bonchev–Trinajstić information content (AvgIpc) is 3.45. The van der Waals surface area contributed by atoms with E-state index >= 15 is 4.39 Å². The second kappa shape index (κ2) is 9.80. The summed E-state index contributed by atoms with van der Waals surface area (Å²) in [5, 5.41) is 9.22. The molecule has 8 nitrogen and oxygen atoms in total. The van der Waals surface area contributed by atoms with Crippen LogP contribution in [0.1, 0.15) is 53.1 Å². The summed E-state index contributed by atoms with van der Waals surface area (Å²) in [4.78, 5) is 24.0. The molecule has 192 valence electrons. The predicted octanol–water partition coefficient (Wildman–Crippen LogP) is 5.96. The zero-order valence-electron chi connectivity index (χ0n) is 21.1. The molecular weight excluding hydrogens is 509 g/mol. The van der Waals surface area contributed by atoms with Crippen LogP contribution in [0.2, 0.25) is 5.02 Å². The van der Waals surface area contributed by atoms with E-state index in [1.165, 1.54) is 31.3 Å². The third-order valence-corrected chi connectivity index (χ3v) is 6.78. The highest BCUT2D eigenvalue weighted by molar-refractivity contribution is 6.31. The van der Waals surface area contributed by atoms with Gasteiger partial charge in [-0.3, -0.25) is 9.69 Å². The fourth-order valence-electron chi connectivity index (χ4n) is 4.88. The van der Waals surface area contributed by atoms with E-state index in [0.717, 1.165) is 0 Å². The minimum atomic E-state index is -0.695. The van der Waals surface area contributed by atoms with E-state index in [1.807, 2.05) is 18.4 Å². The minimum absolute atomic E-state index is 0.0651. The third-order valence-electron chi connectivity index (χ3n) is 6.49. The van der Waals surface area contributed by atoms with Crippen LogP contribution < -0.4 is 14.4 Å². The molecule has 0 bridgehead atoms. The maximum Gasteiger partial charge on any atom is 0.319 e. The lowest BCUT2D eigenvalue weighted by molar-refractivity contribution is 0.0992. The number of fused-ring (bicyclic) bond motifs is 1. The second-order valence-corrected chi connectivity index (χ2v) is 9.36. The standard InChI is InChI=1S/C28H23ClFN5O3/c1-15(2)34-22(19-14-32-28(38-4)33-26(19)37-3)12-18-25(34)24(17-10-8-16(13-31)9-11-17)35(27(18)36)21-7-5-6-20(29)23(21)30/h5-12,14-15,24H,1-4H3. The monoisotopic (exact) mass is 531 g/mol. The number of amides is 1. The molecule has 1 amide bonds. The molecule has 3 heterocycles. The number of carbonyl (C=O) groups is 1. The molecule has 0 radical (unpaired) electrons. The predicted molar refractivity (Wildman–Crippen MR) is 140 cm³/mol. The van der Waals surface area contributed by atoms with Crippen LogP contribution in [0.25, 0.3) is 11.3 Å². The summed E-state index contributed by atoms with van der Waals surface area (Å²) in [7, 11) is 2.96. The molecule has 1 atom stereocenters. The van der Waals surface area contributed by atoms with Crippen LogP contribution >= 0.6 is 11.6 Å². The van der Waals surface area contributed by atoms with Gasteiger partial charge >= 0.3 is 6.01 Å². The SMILES string of the molecule is COc1ncc(-c2cc3c(n2C(C)C)C(c2ccc(C#N)cc2)N(c2cccc(Cl)c2F)C3=O)c(OC)n1. The molecule has 0 spiro atoms. The van der Waals surface area contributed by atoms with Gasteiger partial charge in [0.15, 0.2) is 5.82 Å². The molecule has 4 aromatic rings. The lowest BCUT2D eigenvalue weighted by atomic mass is 10.0. The third kappa shape index (κ3) is 3.94. The molecular formula is C28H23ClFN5O3. The Morgan fingerprint density at radius 2 is 1.84 bits per heavy atom. The highest BCUT2D eigenvalue weighted by Crippen LogP contribution is 2.47. The highest BCUT2D eigenvalue weighted by atomic mass is 35.5. The van der Waals surface area contributed by atoms with Gasteiger partial charge in [0.2, 0.25) is 5.88 Å². The quantitative estimate of drug-likeness (QED) is 0.305. The summed E-state index contributed by atoms with van der Waals surface area (Å²) in [6.07, 6.45) is 1.59. The first-order valence-electron chi connectivity index (χ1n) is 11.8. The van der Waals surface area contributed by atoms with Crippen LogP contribution in [-0.2, 0) is 0 Å². The van der Waals surface area contributed by atoms with E-state index in [1.54, 1.807) is 42.6 Å². The van der Waals surface area contributed by atoms with Gasteiger partial charge in [-0.25, -0.2) is 9.37 Å². The Morgan fingerprint density at radius 1 is 1.11 bits per heavy atom. The number of benzene rings is 2. The topological polar surface area (TPSA) is 93.3 Å². The van der Waals surface area contributed by atoms with Crippen molar-refractivity contribution in [2.75, 3.05) is 19.1 Å². The summed E-state index contributed by atoms with van der Waals surface area (Å²) in [6.45, 7) is 3.98. The van der Waals surface area contributed by atoms with Gasteiger partial charge in [-0.2, -0.15) is 10.2 Å². The number of nitriles is 1. The van der Waals surface area contributed by atoms with Crippen molar-refractivity contribution < 1.29 is 18.7 Å². The maximum absolute atomic E-state index is 15.3. The Morgan fingerprint density at radius 3 is 2.47 bits per heavy atom. The first-order valence-corrected chi connectivity index (χ1v) is 12.2. The molecule has 2 aromatic heterocycles. The minimum Gasteiger partial charge on any atom is -0.480 e. The Balaban J connectivity index is 1.79. The van der Waals surface area contributed by atoms with Gasteiger partial charge in [-0.15, -0.1) is 0 Å². The van der Waals surface area contributed by atoms with Gasteiger partial charge in [0.05, 0.1) is 59.1 Å². The zero-order valence-corrected chi connectivity index (χ0v) is 21.8. The van der Waals surface area contributed by atoms with Crippen LogP contribution in [0.3, 0.4) is 0 Å². The van der Waals surface area contributed by atoms with Crippen molar-refractivity contribution in [2.45, 2.75) is 25.9 Å². The van der Waals surface area contributed by atoms with Crippen molar-refractivity contribution in [1.29, 1.82) is 5.26 Å². The van der Waals surface area contributed by atoms with Crippen LogP contribution in [0.5, 0.6) is 11.9 Å². The van der Waals surface area contributed by atoms with Crippen molar-refractivity contribution in [3.8, 4) is 29.2 Å². The number of methoxy groups -OCH3 is 2. The average molecular weight is 532 g/mol. The van der Waals surface area contributed by atoms with E-state index in [4.69, 9.17) is 21.1 Å². The normalized spacial score (nSPS) is 14.5. The number of nitrogens with zero attached hydrogens (tertiary/aromatic N) is 5. The van der Waals surface area contributed by atoms with E-state index in [9.17, 15) is 10.1 Å². The van der Waals surface area contributed by atoms with E-state index in [-0.39, 0.29) is 34.5 Å². The Hall–Kier alpha value is -4.42. The molecule has 0 saturated carbocycles. The number of ether oxygens (including phenoxy) is 2. The van der Waals surface area contributed by atoms with Crippen LogP contribution in [0.15, 0.2) is 54.7 Å². The van der Waals surface area contributed by atoms with E-state index in [0.29, 0.717) is 33.6 Å². The maximum atomic E-state index is 15.3. The number of aromatic nitrogens is 3. The van der Waals surface area contributed by atoms with Crippen LogP contribution in [0, 0.1) is 17.1 Å². The highest BCUT2D eigenvalue weighted by Gasteiger charge is 2.44. The lowest BCUT2D eigenvalue weighted by Crippen LogP contribution is -2.30. The first kappa shape index (κ1) is 25.2. The van der Waals surface area contributed by atoms with Gasteiger partial charge in [0.25, 0.3) is 5.91 Å². The largest absolute Gasteiger partial charge is 0.480 e. The summed E-state index contributed by atoms with van der Waals surface area (Å²) in [5.74, 6) is -0.785. The van der Waals surface area contributed by atoms with Gasteiger partial charge in [-0.05, 0) is 49.7 Å². The smallest absolute Gasteiger partial charge is 0.319 e. The Labute approximate surface area is 223 Å². The summed E-state index contributed by atoms with van der Waals surface area (Å²) < 4.78 is 28.0. The zero-order chi connectivity index (χ0) is 27.1. The molecule has 0 fully saturated rings. The number of anilines is 1. The fourth-order valence-corrected chi connectivity index (χ4v) is 5.05. The Bertz CT molecular complexity index is 1590. The van der Waals surface area contributed by atoms with Crippen molar-refractivity contribution in [3.63, 3.8) is 0 Å². The van der Waals surface area contributed by atoms with Crippen LogP contribution in [-0.4, -0.2) is 34.7 Å². The fraction of sp³-hybridized carbons (Fsp3) is 0.214. The van der Waals surface area contributed by atoms with Crippen molar-refractivity contribution in [2.24, 2.45) is 0 Å². The summed E-state index contributed by atoms with van der Waals surface area (Å²) >= 11 is 6.11. The molecule has 1 aliphatic rings. The van der Waals surface area contributed by atoms with Crippen molar-refractivity contribution >= 4 is 23.2 Å². The second-order valence-electron chi connectivity index (χ2n) is 8.96. The molecule has 0 saturated heterocycles. The molecule has 2 aromatic carbocycles. The van der Waals surface area contributed by atoms with E-state index < -0.39 is 11.9 Å². The van der Waals surface area contributed by atoms with Gasteiger partial charge < -0.3 is 14.0 Å². The van der Waals surface area contributed by atoms with Gasteiger partial charge in [-0.1, -0.05) is 29.8 Å². The van der Waals surface area contributed by atoms with Crippen molar-refractivity contribution in [1.82, 2.24) is 14.5 Å². The molecule has 0 N–H and O–H groups in total. The van der Waals surface area contributed by atoms with Crippen LogP contribution in [0.4, 0.5) is 10.1 Å². The molecule has 10 heteroatoms. The van der Waals surface area contributed by atoms with Gasteiger partial charge in [0.1, 0.15) is 6.04 Å². The number of hydrogen-bond donors (Lipinski definition) is 0. The number of hydrogen-bond acceptors (Lipinski definition) is 6. The summed E-state index contributed by atoms with van der Waals surface area (Å²) in [6, 6.07) is 14.7. The number of carbonyl (C=O) groups excluding carboxylic acids is 1. The molecule has 5 rings (SSSR count). The molecule has 1 unspecified atom stereocenters. The summed E-state index contributed by atoms with van der Waals surface area (Å²) in [5.41, 5.74) is 3.56. The molecule has 1 aliphatic heterocycles. The Kier molecular flexibility index (Phi) is 6.51. The first-order chi connectivity index (χ1) is 18.3. The number of halogens is 2. The van der Waals surface area contributed by atoms with Gasteiger partial charge in [0, 0.05) is 12.2 Å².